The molecule has 3 aliphatic carbocycles. The zero-order valence-corrected chi connectivity index (χ0v) is 23.5. The first-order chi connectivity index (χ1) is 17.7. The summed E-state index contributed by atoms with van der Waals surface area (Å²) in [5.74, 6) is -2.46. The molecule has 8 atom stereocenters. The number of rotatable bonds is 3. The molecule has 0 unspecified atom stereocenters. The van der Waals surface area contributed by atoms with E-state index in [1.54, 1.807) is 24.3 Å². The quantitative estimate of drug-likeness (QED) is 0.453. The molecule has 5 rings (SSSR count). The number of carbonyl (C=O) groups is 3. The van der Waals surface area contributed by atoms with E-state index in [1.165, 1.54) is 6.92 Å². The molecule has 0 spiro atoms. The van der Waals surface area contributed by atoms with Crippen LogP contribution in [-0.2, 0) is 23.8 Å². The molecule has 1 aromatic carbocycles. The number of ketones is 1. The molecule has 4 aliphatic rings. The van der Waals surface area contributed by atoms with Crippen LogP contribution in [0.3, 0.4) is 0 Å². The molecule has 206 valence electrons. The van der Waals surface area contributed by atoms with Crippen molar-refractivity contribution in [3.8, 4) is 0 Å². The van der Waals surface area contributed by atoms with E-state index in [4.69, 9.17) is 14.2 Å². The molecule has 2 saturated carbocycles. The van der Waals surface area contributed by atoms with E-state index in [2.05, 4.69) is 0 Å². The van der Waals surface area contributed by atoms with Crippen LogP contribution in [0, 0.1) is 28.6 Å². The van der Waals surface area contributed by atoms with Crippen LogP contribution in [0.4, 0.5) is 0 Å². The first kappa shape index (κ1) is 27.1. The van der Waals surface area contributed by atoms with Crippen molar-refractivity contribution in [1.29, 1.82) is 0 Å². The monoisotopic (exact) mass is 524 g/mol. The number of Topliss-reactive ketones (excluding diaryl/α,β-unsaturated/α-hetero) is 1. The van der Waals surface area contributed by atoms with Gasteiger partial charge in [0.25, 0.3) is 0 Å². The van der Waals surface area contributed by atoms with E-state index >= 15 is 0 Å². The molecule has 38 heavy (non-hydrogen) atoms. The highest BCUT2D eigenvalue weighted by molar-refractivity contribution is 5.92. The highest BCUT2D eigenvalue weighted by atomic mass is 16.6. The van der Waals surface area contributed by atoms with Crippen LogP contribution >= 0.6 is 0 Å². The predicted octanol–water partition coefficient (Wildman–Crippen LogP) is 4.66. The van der Waals surface area contributed by atoms with Gasteiger partial charge in [-0.15, -0.1) is 0 Å². The number of hydrogen-bond donors (Lipinski definition) is 1. The highest BCUT2D eigenvalue weighted by Crippen LogP contribution is 2.65. The largest absolute Gasteiger partial charge is 0.455 e. The van der Waals surface area contributed by atoms with Gasteiger partial charge in [0.1, 0.15) is 23.6 Å². The summed E-state index contributed by atoms with van der Waals surface area (Å²) in [6.07, 6.45) is -0.120. The zero-order valence-electron chi connectivity index (χ0n) is 23.5. The molecule has 1 saturated heterocycles. The Kier molecular flexibility index (Phi) is 6.23. The third-order valence-electron chi connectivity index (χ3n) is 10.6. The molecule has 0 aromatic heterocycles. The predicted molar refractivity (Wildman–Crippen MR) is 140 cm³/mol. The molecule has 1 aromatic rings. The summed E-state index contributed by atoms with van der Waals surface area (Å²) < 4.78 is 18.4. The van der Waals surface area contributed by atoms with Crippen LogP contribution in [0.2, 0.25) is 0 Å². The minimum absolute atomic E-state index is 0.0269. The zero-order chi connectivity index (χ0) is 27.8. The Labute approximate surface area is 224 Å². The van der Waals surface area contributed by atoms with Gasteiger partial charge in [0, 0.05) is 23.7 Å². The van der Waals surface area contributed by atoms with Crippen molar-refractivity contribution in [2.24, 2.45) is 28.6 Å². The van der Waals surface area contributed by atoms with Crippen LogP contribution in [0.15, 0.2) is 41.5 Å². The summed E-state index contributed by atoms with van der Waals surface area (Å²) >= 11 is 0. The van der Waals surface area contributed by atoms with E-state index in [-0.39, 0.29) is 18.3 Å². The first-order valence-electron chi connectivity index (χ1n) is 13.8. The van der Waals surface area contributed by atoms with Gasteiger partial charge in [0.15, 0.2) is 5.60 Å². The molecular weight excluding hydrogens is 484 g/mol. The summed E-state index contributed by atoms with van der Waals surface area (Å²) in [5.41, 5.74) is -2.28. The van der Waals surface area contributed by atoms with E-state index in [9.17, 15) is 19.5 Å². The summed E-state index contributed by atoms with van der Waals surface area (Å²) in [6.45, 7) is 13.2. The molecular formula is C31H40O7. The Morgan fingerprint density at radius 2 is 1.76 bits per heavy atom. The minimum atomic E-state index is -1.52. The topological polar surface area (TPSA) is 99.1 Å². The van der Waals surface area contributed by atoms with Gasteiger partial charge in [-0.05, 0) is 44.2 Å². The van der Waals surface area contributed by atoms with Crippen LogP contribution < -0.4 is 0 Å². The van der Waals surface area contributed by atoms with Crippen molar-refractivity contribution >= 4 is 17.7 Å². The molecule has 1 N–H and O–H groups in total. The lowest BCUT2D eigenvalue weighted by Crippen LogP contribution is -2.80. The fraction of sp³-hybridized carbons (Fsp3) is 0.645. The van der Waals surface area contributed by atoms with Crippen LogP contribution in [-0.4, -0.2) is 52.8 Å². The second kappa shape index (κ2) is 8.75. The number of fused-ring (bicyclic) bond motifs is 5. The maximum atomic E-state index is 14.7. The standard InChI is InChI=1S/C31H40O7/c1-17-13-14-31(35)26(37-27(34)21-11-9-8-10-12-21)24-29(7,25(33)19(3)23(17)28(31,5)6)18(2)15-22-30(24,16-36-22)38-20(4)32/h8-12,18-19,22,24,26,35H,13-16H2,1-7H3/t18-,19+,22+,24-,26-,29+,30-,31+/m0/s1. The molecule has 2 bridgehead atoms. The minimum Gasteiger partial charge on any atom is -0.455 e. The second-order valence-corrected chi connectivity index (χ2v) is 12.8. The van der Waals surface area contributed by atoms with Gasteiger partial charge in [-0.3, -0.25) is 9.59 Å². The highest BCUT2D eigenvalue weighted by Gasteiger charge is 2.76. The number of ether oxygens (including phenoxy) is 3. The van der Waals surface area contributed by atoms with E-state index in [1.807, 2.05) is 47.6 Å². The molecule has 7 nitrogen and oxygen atoms in total. The van der Waals surface area contributed by atoms with Gasteiger partial charge < -0.3 is 19.3 Å². The Morgan fingerprint density at radius 3 is 2.34 bits per heavy atom. The summed E-state index contributed by atoms with van der Waals surface area (Å²) in [5, 5.41) is 12.8. The fourth-order valence-electron chi connectivity index (χ4n) is 8.49. The Bertz CT molecular complexity index is 1200. The average Bonchev–Trinajstić information content (AvgIpc) is 2.85. The Balaban J connectivity index is 1.79. The lowest BCUT2D eigenvalue weighted by atomic mass is 9.42. The van der Waals surface area contributed by atoms with Gasteiger partial charge in [-0.25, -0.2) is 4.79 Å². The first-order valence-corrected chi connectivity index (χ1v) is 13.8. The van der Waals surface area contributed by atoms with E-state index in [0.29, 0.717) is 24.8 Å². The Morgan fingerprint density at radius 1 is 1.11 bits per heavy atom. The van der Waals surface area contributed by atoms with Crippen LogP contribution in [0.25, 0.3) is 0 Å². The maximum Gasteiger partial charge on any atom is 0.338 e. The van der Waals surface area contributed by atoms with Crippen LogP contribution in [0.1, 0.15) is 78.1 Å². The molecule has 0 amide bonds. The van der Waals surface area contributed by atoms with Crippen molar-refractivity contribution in [1.82, 2.24) is 0 Å². The second-order valence-electron chi connectivity index (χ2n) is 12.8. The van der Waals surface area contributed by atoms with Gasteiger partial charge in [0.2, 0.25) is 0 Å². The van der Waals surface area contributed by atoms with Gasteiger partial charge in [-0.2, -0.15) is 0 Å². The third-order valence-corrected chi connectivity index (χ3v) is 10.6. The fourth-order valence-corrected chi connectivity index (χ4v) is 8.49. The van der Waals surface area contributed by atoms with Crippen molar-refractivity contribution in [2.75, 3.05) is 6.61 Å². The molecule has 3 fully saturated rings. The third kappa shape index (κ3) is 3.43. The Hall–Kier alpha value is -2.51. The smallest absolute Gasteiger partial charge is 0.338 e. The van der Waals surface area contributed by atoms with Crippen molar-refractivity contribution in [3.63, 3.8) is 0 Å². The summed E-state index contributed by atoms with van der Waals surface area (Å²) in [4.78, 5) is 40.9. The lowest BCUT2D eigenvalue weighted by Gasteiger charge is -2.68. The number of hydrogen-bond acceptors (Lipinski definition) is 7. The van der Waals surface area contributed by atoms with E-state index in [0.717, 1.165) is 11.1 Å². The molecule has 7 heteroatoms. The van der Waals surface area contributed by atoms with Gasteiger partial charge >= 0.3 is 11.9 Å². The number of carbonyl (C=O) groups excluding carboxylic acids is 3. The SMILES string of the molecule is CC(=O)O[C@@]12CO[C@@H]1C[C@H](C)[C@@]1(C)C(=O)[C@H](C)C3=C(C)CC[C@@](O)([C@@H](OC(=O)c4ccccc4)[C@H]21)C3(C)C. The van der Waals surface area contributed by atoms with Gasteiger partial charge in [0.05, 0.1) is 18.1 Å². The lowest BCUT2D eigenvalue weighted by molar-refractivity contribution is -0.338. The summed E-state index contributed by atoms with van der Waals surface area (Å²) in [6, 6.07) is 8.67. The van der Waals surface area contributed by atoms with Gasteiger partial charge in [-0.1, -0.05) is 64.0 Å². The average molecular weight is 525 g/mol. The van der Waals surface area contributed by atoms with Crippen molar-refractivity contribution in [3.05, 3.63) is 47.0 Å². The number of allylic oxidation sites excluding steroid dienone is 1. The molecule has 0 radical (unpaired) electrons. The van der Waals surface area contributed by atoms with Crippen molar-refractivity contribution in [2.45, 2.75) is 91.1 Å². The maximum absolute atomic E-state index is 14.7. The normalized spacial score (nSPS) is 41.6. The number of benzene rings is 1. The molecule has 1 aliphatic heterocycles. The van der Waals surface area contributed by atoms with Crippen LogP contribution in [0.5, 0.6) is 0 Å². The number of esters is 2. The number of aliphatic hydroxyl groups is 1. The van der Waals surface area contributed by atoms with Crippen molar-refractivity contribution < 1.29 is 33.7 Å². The summed E-state index contributed by atoms with van der Waals surface area (Å²) in [7, 11) is 0. The molecule has 1 heterocycles. The van der Waals surface area contributed by atoms with E-state index < -0.39 is 58.0 Å².